The zero-order valence-corrected chi connectivity index (χ0v) is 8.18. The third-order valence-corrected chi connectivity index (χ3v) is 2.32. The van der Waals surface area contributed by atoms with E-state index in [1.54, 1.807) is 6.20 Å². The number of hydrogen-bond donors (Lipinski definition) is 2. The smallest absolute Gasteiger partial charge is 0.318 e. The fourth-order valence-electron chi connectivity index (χ4n) is 1.62. The molecule has 0 bridgehead atoms. The summed E-state index contributed by atoms with van der Waals surface area (Å²) in [6, 6.07) is -0.114. The predicted octanol–water partition coefficient (Wildman–Crippen LogP) is 2.01. The summed E-state index contributed by atoms with van der Waals surface area (Å²) in [7, 11) is 0. The molecule has 0 aromatic rings. The van der Waals surface area contributed by atoms with Gasteiger partial charge in [0, 0.05) is 12.7 Å². The first-order chi connectivity index (χ1) is 6.33. The maximum atomic E-state index is 10.9. The van der Waals surface area contributed by atoms with Crippen LogP contribution < -0.4 is 10.6 Å². The predicted molar refractivity (Wildman–Crippen MR) is 53.3 cm³/mol. The van der Waals surface area contributed by atoms with Crippen molar-refractivity contribution in [3.63, 3.8) is 0 Å². The van der Waals surface area contributed by atoms with Crippen LogP contribution in [0.25, 0.3) is 0 Å². The molecule has 1 fully saturated rings. The van der Waals surface area contributed by atoms with Crippen LogP contribution in [-0.4, -0.2) is 12.6 Å². The van der Waals surface area contributed by atoms with Gasteiger partial charge in [-0.15, -0.1) is 0 Å². The first-order valence-corrected chi connectivity index (χ1v) is 5.04. The van der Waals surface area contributed by atoms with Gasteiger partial charge in [0.25, 0.3) is 0 Å². The Bertz CT molecular complexity index is 183. The lowest BCUT2D eigenvalue weighted by atomic mass is 10.1. The SMILES string of the molecule is CCNC(=O)N/C=C/C1CCCC1. The summed E-state index contributed by atoms with van der Waals surface area (Å²) >= 11 is 0. The van der Waals surface area contributed by atoms with Gasteiger partial charge in [0.2, 0.25) is 0 Å². The van der Waals surface area contributed by atoms with Crippen molar-refractivity contribution < 1.29 is 4.79 Å². The maximum Gasteiger partial charge on any atom is 0.318 e. The molecule has 2 N–H and O–H groups in total. The number of carbonyl (C=O) groups excluding carboxylic acids is 1. The summed E-state index contributed by atoms with van der Waals surface area (Å²) in [6.07, 6.45) is 9.07. The highest BCUT2D eigenvalue weighted by atomic mass is 16.2. The quantitative estimate of drug-likeness (QED) is 0.688. The van der Waals surface area contributed by atoms with E-state index in [2.05, 4.69) is 16.7 Å². The number of rotatable bonds is 3. The summed E-state index contributed by atoms with van der Waals surface area (Å²) in [5.41, 5.74) is 0. The van der Waals surface area contributed by atoms with Crippen molar-refractivity contribution in [2.75, 3.05) is 6.54 Å². The van der Waals surface area contributed by atoms with Crippen LogP contribution in [0, 0.1) is 5.92 Å². The number of urea groups is 1. The molecule has 0 heterocycles. The lowest BCUT2D eigenvalue weighted by molar-refractivity contribution is 0.244. The number of amides is 2. The molecule has 1 rings (SSSR count). The summed E-state index contributed by atoms with van der Waals surface area (Å²) in [5.74, 6) is 0.682. The maximum absolute atomic E-state index is 10.9. The molecule has 0 radical (unpaired) electrons. The molecular formula is C10H18N2O. The lowest BCUT2D eigenvalue weighted by Gasteiger charge is -2.02. The Morgan fingerprint density at radius 2 is 2.15 bits per heavy atom. The van der Waals surface area contributed by atoms with Crippen LogP contribution in [0.5, 0.6) is 0 Å². The standard InChI is InChI=1S/C10H18N2O/c1-2-11-10(13)12-8-7-9-5-3-4-6-9/h7-9H,2-6H2,1H3,(H2,11,12,13)/b8-7+. The number of carbonyl (C=O) groups is 1. The van der Waals surface area contributed by atoms with E-state index in [9.17, 15) is 4.79 Å². The minimum Gasteiger partial charge on any atom is -0.338 e. The zero-order chi connectivity index (χ0) is 9.52. The molecule has 1 aliphatic rings. The van der Waals surface area contributed by atoms with E-state index >= 15 is 0 Å². The van der Waals surface area contributed by atoms with Gasteiger partial charge in [0.1, 0.15) is 0 Å². The molecule has 0 aliphatic heterocycles. The molecule has 0 unspecified atom stereocenters. The van der Waals surface area contributed by atoms with E-state index in [1.165, 1.54) is 25.7 Å². The second kappa shape index (κ2) is 5.62. The first-order valence-electron chi connectivity index (χ1n) is 5.04. The van der Waals surface area contributed by atoms with E-state index in [1.807, 2.05) is 6.92 Å². The van der Waals surface area contributed by atoms with Crippen LogP contribution in [0.3, 0.4) is 0 Å². The Kier molecular flexibility index (Phi) is 4.36. The monoisotopic (exact) mass is 182 g/mol. The van der Waals surface area contributed by atoms with E-state index in [0.29, 0.717) is 12.5 Å². The molecule has 1 aliphatic carbocycles. The molecule has 1 saturated carbocycles. The largest absolute Gasteiger partial charge is 0.338 e. The average Bonchev–Trinajstić information content (AvgIpc) is 2.57. The van der Waals surface area contributed by atoms with Gasteiger partial charge in [0.15, 0.2) is 0 Å². The van der Waals surface area contributed by atoms with Crippen LogP contribution in [0.2, 0.25) is 0 Å². The van der Waals surface area contributed by atoms with Crippen molar-refractivity contribution in [2.24, 2.45) is 5.92 Å². The lowest BCUT2D eigenvalue weighted by Crippen LogP contribution is -2.31. The zero-order valence-electron chi connectivity index (χ0n) is 8.18. The van der Waals surface area contributed by atoms with Crippen LogP contribution in [-0.2, 0) is 0 Å². The van der Waals surface area contributed by atoms with Crippen LogP contribution in [0.4, 0.5) is 4.79 Å². The molecule has 3 heteroatoms. The fraction of sp³-hybridized carbons (Fsp3) is 0.700. The number of hydrogen-bond acceptors (Lipinski definition) is 1. The highest BCUT2D eigenvalue weighted by Crippen LogP contribution is 2.25. The van der Waals surface area contributed by atoms with E-state index in [0.717, 1.165) is 0 Å². The molecule has 0 aromatic heterocycles. The normalized spacial score (nSPS) is 17.9. The molecule has 0 aromatic carbocycles. The van der Waals surface area contributed by atoms with Crippen LogP contribution >= 0.6 is 0 Å². The average molecular weight is 182 g/mol. The third kappa shape index (κ3) is 3.97. The Hall–Kier alpha value is -0.990. The summed E-state index contributed by atoms with van der Waals surface area (Å²) in [6.45, 7) is 2.57. The van der Waals surface area contributed by atoms with Crippen LogP contribution in [0.1, 0.15) is 32.6 Å². The van der Waals surface area contributed by atoms with Gasteiger partial charge in [-0.05, 0) is 25.7 Å². The van der Waals surface area contributed by atoms with E-state index in [4.69, 9.17) is 0 Å². The number of nitrogens with one attached hydrogen (secondary N) is 2. The molecule has 0 atom stereocenters. The summed E-state index contributed by atoms with van der Waals surface area (Å²) < 4.78 is 0. The van der Waals surface area contributed by atoms with Gasteiger partial charge in [-0.3, -0.25) is 0 Å². The Balaban J connectivity index is 2.12. The van der Waals surface area contributed by atoms with Crippen LogP contribution in [0.15, 0.2) is 12.3 Å². The molecule has 0 saturated heterocycles. The molecule has 13 heavy (non-hydrogen) atoms. The first kappa shape index (κ1) is 10.1. The van der Waals surface area contributed by atoms with Crippen molar-refractivity contribution in [1.29, 1.82) is 0 Å². The van der Waals surface area contributed by atoms with Crippen molar-refractivity contribution in [3.05, 3.63) is 12.3 Å². The van der Waals surface area contributed by atoms with Gasteiger partial charge in [0.05, 0.1) is 0 Å². The van der Waals surface area contributed by atoms with Crippen molar-refractivity contribution in [2.45, 2.75) is 32.6 Å². The molecular weight excluding hydrogens is 164 g/mol. The fourth-order valence-corrected chi connectivity index (χ4v) is 1.62. The topological polar surface area (TPSA) is 41.1 Å². The molecule has 2 amide bonds. The van der Waals surface area contributed by atoms with Gasteiger partial charge < -0.3 is 10.6 Å². The van der Waals surface area contributed by atoms with Gasteiger partial charge in [-0.25, -0.2) is 4.79 Å². The second-order valence-corrected chi connectivity index (χ2v) is 3.41. The molecule has 3 nitrogen and oxygen atoms in total. The van der Waals surface area contributed by atoms with E-state index in [-0.39, 0.29) is 6.03 Å². The van der Waals surface area contributed by atoms with Gasteiger partial charge in [-0.2, -0.15) is 0 Å². The minimum absolute atomic E-state index is 0.114. The summed E-state index contributed by atoms with van der Waals surface area (Å²) in [4.78, 5) is 10.9. The molecule has 0 spiro atoms. The van der Waals surface area contributed by atoms with E-state index < -0.39 is 0 Å². The molecule has 74 valence electrons. The van der Waals surface area contributed by atoms with Crippen molar-refractivity contribution in [3.8, 4) is 0 Å². The van der Waals surface area contributed by atoms with Crippen molar-refractivity contribution >= 4 is 6.03 Å². The van der Waals surface area contributed by atoms with Crippen molar-refractivity contribution in [1.82, 2.24) is 10.6 Å². The Morgan fingerprint density at radius 1 is 1.46 bits per heavy atom. The summed E-state index contributed by atoms with van der Waals surface area (Å²) in [5, 5.41) is 5.35. The third-order valence-electron chi connectivity index (χ3n) is 2.32. The Labute approximate surface area is 79.6 Å². The highest BCUT2D eigenvalue weighted by molar-refractivity contribution is 5.74. The van der Waals surface area contributed by atoms with Gasteiger partial charge in [-0.1, -0.05) is 18.9 Å². The highest BCUT2D eigenvalue weighted by Gasteiger charge is 2.10. The Morgan fingerprint density at radius 3 is 2.77 bits per heavy atom. The second-order valence-electron chi connectivity index (χ2n) is 3.41. The van der Waals surface area contributed by atoms with Gasteiger partial charge >= 0.3 is 6.03 Å². The number of allylic oxidation sites excluding steroid dienone is 1. The minimum atomic E-state index is -0.114.